The molecule has 146 valence electrons. The van der Waals surface area contributed by atoms with Crippen molar-refractivity contribution in [2.24, 2.45) is 0 Å². The van der Waals surface area contributed by atoms with Crippen molar-refractivity contribution in [3.05, 3.63) is 77.9 Å². The van der Waals surface area contributed by atoms with Crippen LogP contribution in [0.25, 0.3) is 33.1 Å². The first-order chi connectivity index (χ1) is 14.6. The van der Waals surface area contributed by atoms with Crippen molar-refractivity contribution >= 4 is 50.7 Å². The highest BCUT2D eigenvalue weighted by atomic mass is 16.5. The van der Waals surface area contributed by atoms with Gasteiger partial charge in [-0.3, -0.25) is 4.79 Å². The highest BCUT2D eigenvalue weighted by Gasteiger charge is 2.13. The summed E-state index contributed by atoms with van der Waals surface area (Å²) < 4.78 is 4.68. The minimum Gasteiger partial charge on any atom is -0.465 e. The van der Waals surface area contributed by atoms with Crippen LogP contribution in [-0.4, -0.2) is 33.9 Å². The van der Waals surface area contributed by atoms with E-state index in [9.17, 15) is 9.59 Å². The van der Waals surface area contributed by atoms with Gasteiger partial charge in [-0.1, -0.05) is 12.1 Å². The third kappa shape index (κ3) is 3.02. The van der Waals surface area contributed by atoms with Gasteiger partial charge < -0.3 is 15.0 Å². The molecule has 0 unspecified atom stereocenters. The molecule has 0 aliphatic rings. The Kier molecular flexibility index (Phi) is 4.14. The summed E-state index contributed by atoms with van der Waals surface area (Å²) in [4.78, 5) is 36.9. The van der Waals surface area contributed by atoms with E-state index in [-0.39, 0.29) is 5.91 Å². The number of H-pyrrole nitrogens is 1. The van der Waals surface area contributed by atoms with Crippen molar-refractivity contribution in [1.29, 1.82) is 0 Å². The average Bonchev–Trinajstić information content (AvgIpc) is 3.14. The standard InChI is InChI=1S/C23H16N4O3/c1-30-23(29)13-6-9-15(10-7-13)24-22(28)14-8-11-17-16(12-14)20-21(26-17)27-19-5-3-2-4-18(19)25-20/h2-12H,1H3,(H,24,28)(H,26,27). The van der Waals surface area contributed by atoms with E-state index in [0.717, 1.165) is 27.5 Å². The second kappa shape index (κ2) is 6.97. The molecule has 0 aliphatic heterocycles. The molecular weight excluding hydrogens is 380 g/mol. The van der Waals surface area contributed by atoms with E-state index in [1.165, 1.54) is 7.11 Å². The van der Waals surface area contributed by atoms with Crippen molar-refractivity contribution in [2.45, 2.75) is 0 Å². The summed E-state index contributed by atoms with van der Waals surface area (Å²) in [7, 11) is 1.33. The summed E-state index contributed by atoms with van der Waals surface area (Å²) in [5.74, 6) is -0.683. The summed E-state index contributed by atoms with van der Waals surface area (Å²) in [6.45, 7) is 0. The van der Waals surface area contributed by atoms with Gasteiger partial charge in [-0.2, -0.15) is 0 Å². The van der Waals surface area contributed by atoms with Gasteiger partial charge in [0.25, 0.3) is 5.91 Å². The van der Waals surface area contributed by atoms with E-state index in [0.29, 0.717) is 22.5 Å². The van der Waals surface area contributed by atoms with Gasteiger partial charge in [-0.25, -0.2) is 14.8 Å². The van der Waals surface area contributed by atoms with Crippen molar-refractivity contribution in [3.8, 4) is 0 Å². The monoisotopic (exact) mass is 396 g/mol. The molecule has 0 radical (unpaired) electrons. The van der Waals surface area contributed by atoms with E-state index in [1.54, 1.807) is 36.4 Å². The molecule has 0 atom stereocenters. The van der Waals surface area contributed by atoms with Crippen LogP contribution >= 0.6 is 0 Å². The molecule has 0 saturated heterocycles. The van der Waals surface area contributed by atoms with E-state index in [1.807, 2.05) is 30.3 Å². The molecule has 2 heterocycles. The number of aromatic amines is 1. The Morgan fingerprint density at radius 2 is 1.60 bits per heavy atom. The van der Waals surface area contributed by atoms with Crippen molar-refractivity contribution in [3.63, 3.8) is 0 Å². The van der Waals surface area contributed by atoms with Gasteiger partial charge >= 0.3 is 5.97 Å². The fraction of sp³-hybridized carbons (Fsp3) is 0.0435. The average molecular weight is 396 g/mol. The van der Waals surface area contributed by atoms with Crippen LogP contribution < -0.4 is 5.32 Å². The van der Waals surface area contributed by atoms with Crippen molar-refractivity contribution in [2.75, 3.05) is 12.4 Å². The summed E-state index contributed by atoms with van der Waals surface area (Å²) in [6, 6.07) is 19.6. The number of rotatable bonds is 3. The number of carbonyl (C=O) groups is 2. The Balaban J connectivity index is 1.49. The van der Waals surface area contributed by atoms with E-state index < -0.39 is 5.97 Å². The van der Waals surface area contributed by atoms with Crippen LogP contribution in [0.5, 0.6) is 0 Å². The molecule has 0 spiro atoms. The molecule has 30 heavy (non-hydrogen) atoms. The third-order valence-corrected chi connectivity index (χ3v) is 4.92. The number of methoxy groups -OCH3 is 1. The third-order valence-electron chi connectivity index (χ3n) is 4.92. The fourth-order valence-electron chi connectivity index (χ4n) is 3.40. The molecule has 5 aromatic rings. The van der Waals surface area contributed by atoms with Crippen LogP contribution in [0.3, 0.4) is 0 Å². The van der Waals surface area contributed by atoms with Gasteiger partial charge in [0.05, 0.1) is 23.7 Å². The quantitative estimate of drug-likeness (QED) is 0.443. The van der Waals surface area contributed by atoms with Crippen LogP contribution in [-0.2, 0) is 4.74 Å². The maximum absolute atomic E-state index is 12.8. The molecule has 2 N–H and O–H groups in total. The van der Waals surface area contributed by atoms with Gasteiger partial charge in [0.15, 0.2) is 5.65 Å². The molecule has 7 heteroatoms. The molecule has 0 aliphatic carbocycles. The summed E-state index contributed by atoms with van der Waals surface area (Å²) in [5.41, 5.74) is 5.37. The zero-order chi connectivity index (χ0) is 20.7. The van der Waals surface area contributed by atoms with Crippen molar-refractivity contribution in [1.82, 2.24) is 15.0 Å². The second-order valence-corrected chi connectivity index (χ2v) is 6.82. The maximum atomic E-state index is 12.8. The Morgan fingerprint density at radius 3 is 2.33 bits per heavy atom. The second-order valence-electron chi connectivity index (χ2n) is 6.82. The highest BCUT2D eigenvalue weighted by molar-refractivity contribution is 6.11. The molecule has 0 bridgehead atoms. The summed E-state index contributed by atoms with van der Waals surface area (Å²) >= 11 is 0. The number of hydrogen-bond donors (Lipinski definition) is 2. The van der Waals surface area contributed by atoms with Crippen molar-refractivity contribution < 1.29 is 14.3 Å². The molecule has 5 rings (SSSR count). The Labute approximate surface area is 170 Å². The zero-order valence-corrected chi connectivity index (χ0v) is 16.0. The topological polar surface area (TPSA) is 97.0 Å². The number of nitrogens with zero attached hydrogens (tertiary/aromatic N) is 2. The fourth-order valence-corrected chi connectivity index (χ4v) is 3.40. The lowest BCUT2D eigenvalue weighted by Gasteiger charge is -2.06. The number of nitrogens with one attached hydrogen (secondary N) is 2. The van der Waals surface area contributed by atoms with Gasteiger partial charge in [-0.15, -0.1) is 0 Å². The molecule has 0 fully saturated rings. The van der Waals surface area contributed by atoms with Gasteiger partial charge in [0, 0.05) is 22.2 Å². The molecule has 3 aromatic carbocycles. The number of aromatic nitrogens is 3. The normalized spacial score (nSPS) is 11.1. The number of benzene rings is 3. The van der Waals surface area contributed by atoms with Crippen LogP contribution in [0.4, 0.5) is 5.69 Å². The van der Waals surface area contributed by atoms with Gasteiger partial charge in [-0.05, 0) is 54.6 Å². The molecular formula is C23H16N4O3. The summed E-state index contributed by atoms with van der Waals surface area (Å²) in [6.07, 6.45) is 0. The first-order valence-electron chi connectivity index (χ1n) is 9.30. The number of esters is 1. The molecule has 2 aromatic heterocycles. The Bertz CT molecular complexity index is 1440. The number of amides is 1. The molecule has 0 saturated carbocycles. The Hall–Kier alpha value is -4.26. The number of ether oxygens (including phenoxy) is 1. The number of fused-ring (bicyclic) bond motifs is 4. The lowest BCUT2D eigenvalue weighted by molar-refractivity contribution is 0.0600. The van der Waals surface area contributed by atoms with Gasteiger partial charge in [0.2, 0.25) is 0 Å². The lowest BCUT2D eigenvalue weighted by atomic mass is 10.1. The largest absolute Gasteiger partial charge is 0.465 e. The predicted molar refractivity (Wildman–Crippen MR) is 115 cm³/mol. The first kappa shape index (κ1) is 17.8. The smallest absolute Gasteiger partial charge is 0.337 e. The number of hydrogen-bond acceptors (Lipinski definition) is 5. The predicted octanol–water partition coefficient (Wildman–Crippen LogP) is 4.30. The minimum absolute atomic E-state index is 0.259. The lowest BCUT2D eigenvalue weighted by Crippen LogP contribution is -2.12. The highest BCUT2D eigenvalue weighted by Crippen LogP contribution is 2.26. The first-order valence-corrected chi connectivity index (χ1v) is 9.30. The SMILES string of the molecule is COC(=O)c1ccc(NC(=O)c2ccc3[nH]c4nc5ccccc5nc4c3c2)cc1. The number of carbonyl (C=O) groups excluding carboxylic acids is 2. The van der Waals surface area contributed by atoms with Crippen LogP contribution in [0, 0.1) is 0 Å². The van der Waals surface area contributed by atoms with E-state index in [4.69, 9.17) is 4.98 Å². The maximum Gasteiger partial charge on any atom is 0.337 e. The summed E-state index contributed by atoms with van der Waals surface area (Å²) in [5, 5.41) is 3.67. The van der Waals surface area contributed by atoms with Crippen LogP contribution in [0.2, 0.25) is 0 Å². The van der Waals surface area contributed by atoms with E-state index in [2.05, 4.69) is 20.0 Å². The van der Waals surface area contributed by atoms with Gasteiger partial charge in [0.1, 0.15) is 5.52 Å². The number of anilines is 1. The van der Waals surface area contributed by atoms with Crippen LogP contribution in [0.1, 0.15) is 20.7 Å². The molecule has 7 nitrogen and oxygen atoms in total. The minimum atomic E-state index is -0.425. The van der Waals surface area contributed by atoms with Crippen LogP contribution in [0.15, 0.2) is 66.7 Å². The Morgan fingerprint density at radius 1 is 0.900 bits per heavy atom. The number of para-hydroxylation sites is 2. The van der Waals surface area contributed by atoms with E-state index >= 15 is 0 Å². The zero-order valence-electron chi connectivity index (χ0n) is 16.0. The molecule has 1 amide bonds.